The number of anilines is 1. The number of benzene rings is 1. The van der Waals surface area contributed by atoms with Gasteiger partial charge in [0.15, 0.2) is 11.5 Å². The van der Waals surface area contributed by atoms with Crippen LogP contribution in [-0.2, 0) is 6.54 Å². The number of nitrogen functional groups attached to an aromatic ring is 1. The van der Waals surface area contributed by atoms with Crippen molar-refractivity contribution in [2.24, 2.45) is 0 Å². The van der Waals surface area contributed by atoms with Crippen LogP contribution in [0.25, 0.3) is 34.1 Å². The Morgan fingerprint density at radius 2 is 2.03 bits per heavy atom. The summed E-state index contributed by atoms with van der Waals surface area (Å²) in [5.41, 5.74) is 9.61. The predicted molar refractivity (Wildman–Crippen MR) is 120 cm³/mol. The minimum atomic E-state index is 0.123. The highest BCUT2D eigenvalue weighted by atomic mass is 15.6. The van der Waals surface area contributed by atoms with Crippen LogP contribution in [-0.4, -0.2) is 59.5 Å². The molecule has 0 amide bonds. The van der Waals surface area contributed by atoms with Crippen molar-refractivity contribution in [1.29, 1.82) is 5.26 Å². The number of aromatic nitrogens is 12. The molecule has 5 aromatic heterocycles. The van der Waals surface area contributed by atoms with Crippen LogP contribution in [0.1, 0.15) is 11.4 Å². The van der Waals surface area contributed by atoms with Gasteiger partial charge in [-0.05, 0) is 34.7 Å². The maximum atomic E-state index is 9.37. The number of nitrogens with zero attached hydrogens (tertiary/aromatic N) is 13. The highest BCUT2D eigenvalue weighted by Gasteiger charge is 2.22. The Kier molecular flexibility index (Phi) is 4.63. The van der Waals surface area contributed by atoms with Crippen molar-refractivity contribution in [2.45, 2.75) is 6.54 Å². The van der Waals surface area contributed by atoms with Crippen molar-refractivity contribution in [1.82, 2.24) is 59.5 Å². The van der Waals surface area contributed by atoms with E-state index in [1.807, 2.05) is 6.07 Å². The average Bonchev–Trinajstić information content (AvgIpc) is 3.66. The van der Waals surface area contributed by atoms with Gasteiger partial charge in [-0.2, -0.15) is 14.9 Å². The van der Waals surface area contributed by atoms with E-state index in [1.54, 1.807) is 48.9 Å². The van der Waals surface area contributed by atoms with Gasteiger partial charge in [0, 0.05) is 24.2 Å². The lowest BCUT2D eigenvalue weighted by Gasteiger charge is -2.11. The summed E-state index contributed by atoms with van der Waals surface area (Å²) in [4.78, 5) is 17.8. The number of tetrazole rings is 1. The second-order valence-corrected chi connectivity index (χ2v) is 7.33. The van der Waals surface area contributed by atoms with Crippen LogP contribution in [0.4, 0.5) is 5.95 Å². The van der Waals surface area contributed by atoms with Gasteiger partial charge < -0.3 is 5.73 Å². The molecule has 0 fully saturated rings. The Hall–Kier alpha value is -5.58. The molecule has 2 N–H and O–H groups in total. The Bertz CT molecular complexity index is 1690. The largest absolute Gasteiger partial charge is 0.368 e. The first kappa shape index (κ1) is 20.1. The standard InChI is InChI=1S/C21H14N14/c22-10-13-3-1-4-14(9-13)18-17(15-5-7-24-12-25-15)19-27-16(30-35(19)20(23)28-18)11-34-21(29-31-32-34)33-8-2-6-26-33/h1-9,12H,11H2,(H2,23,28). The van der Waals surface area contributed by atoms with Crippen molar-refractivity contribution >= 4 is 11.6 Å². The van der Waals surface area contributed by atoms with Gasteiger partial charge in [-0.15, -0.1) is 5.10 Å². The summed E-state index contributed by atoms with van der Waals surface area (Å²) >= 11 is 0. The van der Waals surface area contributed by atoms with Gasteiger partial charge >= 0.3 is 0 Å². The summed E-state index contributed by atoms with van der Waals surface area (Å²) in [6, 6.07) is 12.7. The zero-order valence-corrected chi connectivity index (χ0v) is 17.9. The molecule has 14 nitrogen and oxygen atoms in total. The maximum Gasteiger partial charge on any atom is 0.270 e. The molecule has 0 spiro atoms. The molecule has 0 aliphatic rings. The van der Waals surface area contributed by atoms with Crippen molar-refractivity contribution < 1.29 is 0 Å². The van der Waals surface area contributed by atoms with Crippen molar-refractivity contribution in [3.63, 3.8) is 0 Å². The van der Waals surface area contributed by atoms with Crippen LogP contribution in [0.15, 0.2) is 61.3 Å². The minimum Gasteiger partial charge on any atom is -0.368 e. The van der Waals surface area contributed by atoms with E-state index in [9.17, 15) is 5.26 Å². The molecule has 0 radical (unpaired) electrons. The Balaban J connectivity index is 1.54. The molecule has 35 heavy (non-hydrogen) atoms. The molecule has 0 saturated heterocycles. The third-order valence-corrected chi connectivity index (χ3v) is 5.17. The zero-order valence-electron chi connectivity index (χ0n) is 17.9. The number of hydrogen-bond donors (Lipinski definition) is 1. The first-order valence-corrected chi connectivity index (χ1v) is 10.3. The Morgan fingerprint density at radius 1 is 1.09 bits per heavy atom. The summed E-state index contributed by atoms with van der Waals surface area (Å²) in [5, 5.41) is 29.9. The van der Waals surface area contributed by atoms with Crippen molar-refractivity contribution in [3.8, 4) is 34.5 Å². The Morgan fingerprint density at radius 3 is 2.83 bits per heavy atom. The van der Waals surface area contributed by atoms with E-state index in [-0.39, 0.29) is 12.5 Å². The summed E-state index contributed by atoms with van der Waals surface area (Å²) in [7, 11) is 0. The molecule has 14 heteroatoms. The van der Waals surface area contributed by atoms with E-state index in [0.717, 1.165) is 0 Å². The van der Waals surface area contributed by atoms with E-state index in [1.165, 1.54) is 20.2 Å². The van der Waals surface area contributed by atoms with Gasteiger partial charge in [0.05, 0.1) is 28.6 Å². The maximum absolute atomic E-state index is 9.37. The highest BCUT2D eigenvalue weighted by molar-refractivity contribution is 5.89. The number of nitrogens with two attached hydrogens (primary N) is 1. The lowest BCUT2D eigenvalue weighted by Crippen LogP contribution is -2.11. The molecular weight excluding hydrogens is 448 g/mol. The number of hydrogen-bond acceptors (Lipinski definition) is 11. The lowest BCUT2D eigenvalue weighted by molar-refractivity contribution is 0.598. The first-order chi connectivity index (χ1) is 17.2. The first-order valence-electron chi connectivity index (χ1n) is 10.3. The summed E-state index contributed by atoms with van der Waals surface area (Å²) < 4.78 is 4.51. The van der Waals surface area contributed by atoms with Gasteiger partial charge in [-0.1, -0.05) is 17.2 Å². The van der Waals surface area contributed by atoms with Gasteiger partial charge in [0.1, 0.15) is 12.9 Å². The van der Waals surface area contributed by atoms with Crippen LogP contribution >= 0.6 is 0 Å². The summed E-state index contributed by atoms with van der Waals surface area (Å²) in [6.07, 6.45) is 6.42. The molecule has 6 rings (SSSR count). The smallest absolute Gasteiger partial charge is 0.270 e. The number of nitriles is 1. The molecule has 0 aliphatic heterocycles. The predicted octanol–water partition coefficient (Wildman–Crippen LogP) is 0.923. The molecule has 6 aromatic rings. The minimum absolute atomic E-state index is 0.123. The lowest BCUT2D eigenvalue weighted by atomic mass is 10.0. The molecule has 0 atom stereocenters. The fourth-order valence-electron chi connectivity index (χ4n) is 3.67. The van der Waals surface area contributed by atoms with Gasteiger partial charge in [0.25, 0.3) is 5.95 Å². The summed E-state index contributed by atoms with van der Waals surface area (Å²) in [5.74, 6) is 0.931. The van der Waals surface area contributed by atoms with Crippen LogP contribution in [0.3, 0.4) is 0 Å². The normalized spacial score (nSPS) is 11.1. The van der Waals surface area contributed by atoms with Crippen LogP contribution in [0, 0.1) is 11.3 Å². The summed E-state index contributed by atoms with van der Waals surface area (Å²) in [6.45, 7) is 0.159. The fraction of sp³-hybridized carbons (Fsp3) is 0.0476. The van der Waals surface area contributed by atoms with Crippen molar-refractivity contribution in [2.75, 3.05) is 5.73 Å². The number of rotatable bonds is 5. The highest BCUT2D eigenvalue weighted by Crippen LogP contribution is 2.33. The quantitative estimate of drug-likeness (QED) is 0.385. The molecule has 0 unspecified atom stereocenters. The molecule has 1 aromatic carbocycles. The van der Waals surface area contributed by atoms with E-state index in [4.69, 9.17) is 10.7 Å². The van der Waals surface area contributed by atoms with E-state index in [0.29, 0.717) is 45.5 Å². The molecular formula is C21H14N14. The van der Waals surface area contributed by atoms with Crippen LogP contribution in [0.2, 0.25) is 0 Å². The fourth-order valence-corrected chi connectivity index (χ4v) is 3.67. The van der Waals surface area contributed by atoms with Gasteiger partial charge in [0.2, 0.25) is 5.95 Å². The van der Waals surface area contributed by atoms with Gasteiger partial charge in [-0.25, -0.2) is 29.3 Å². The molecule has 0 bridgehead atoms. The van der Waals surface area contributed by atoms with E-state index < -0.39 is 0 Å². The molecule has 5 heterocycles. The zero-order chi connectivity index (χ0) is 23.8. The van der Waals surface area contributed by atoms with Crippen molar-refractivity contribution in [3.05, 3.63) is 72.7 Å². The third kappa shape index (κ3) is 3.49. The number of fused-ring (bicyclic) bond motifs is 1. The van der Waals surface area contributed by atoms with Gasteiger partial charge in [-0.3, -0.25) is 0 Å². The van der Waals surface area contributed by atoms with Crippen LogP contribution in [0.5, 0.6) is 0 Å². The monoisotopic (exact) mass is 462 g/mol. The molecule has 168 valence electrons. The SMILES string of the molecule is N#Cc1cccc(-c2nc(N)n3nc(Cn4nnnc4-n4cccn4)nc3c2-c2ccncn2)c1. The average molecular weight is 462 g/mol. The molecule has 0 aliphatic carbocycles. The molecule has 0 saturated carbocycles. The van der Waals surface area contributed by atoms with E-state index in [2.05, 4.69) is 46.7 Å². The second-order valence-electron chi connectivity index (χ2n) is 7.33. The van der Waals surface area contributed by atoms with Crippen LogP contribution < -0.4 is 5.73 Å². The second kappa shape index (κ2) is 8.08. The van der Waals surface area contributed by atoms with E-state index >= 15 is 0 Å². The Labute approximate surface area is 196 Å². The third-order valence-electron chi connectivity index (χ3n) is 5.17. The topological polar surface area (TPSA) is 180 Å².